The van der Waals surface area contributed by atoms with Crippen LogP contribution >= 0.6 is 11.9 Å². The Labute approximate surface area is 186 Å². The minimum absolute atomic E-state index is 0.0943. The van der Waals surface area contributed by atoms with Crippen LogP contribution in [-0.2, 0) is 9.53 Å². The van der Waals surface area contributed by atoms with Crippen molar-refractivity contribution in [2.45, 2.75) is 45.1 Å². The van der Waals surface area contributed by atoms with Gasteiger partial charge in [0, 0.05) is 42.8 Å². The number of aliphatic imine (C=N–C) groups is 1. The molecule has 1 aromatic rings. The highest BCUT2D eigenvalue weighted by molar-refractivity contribution is 8.06. The summed E-state index contributed by atoms with van der Waals surface area (Å²) in [5, 5.41) is 5.96. The smallest absolute Gasteiger partial charge is 0.222 e. The summed E-state index contributed by atoms with van der Waals surface area (Å²) in [7, 11) is 1.88. The third-order valence-electron chi connectivity index (χ3n) is 5.97. The van der Waals surface area contributed by atoms with Gasteiger partial charge in [0.15, 0.2) is 0 Å². The Bertz CT molecular complexity index is 1020. The van der Waals surface area contributed by atoms with Gasteiger partial charge in [-0.15, -0.1) is 0 Å². The Kier molecular flexibility index (Phi) is 5.58. The van der Waals surface area contributed by atoms with E-state index in [-0.39, 0.29) is 5.91 Å². The second-order valence-corrected chi connectivity index (χ2v) is 9.15. The van der Waals surface area contributed by atoms with Crippen molar-refractivity contribution in [3.63, 3.8) is 0 Å². The van der Waals surface area contributed by atoms with E-state index in [4.69, 9.17) is 9.73 Å². The van der Waals surface area contributed by atoms with Crippen molar-refractivity contribution in [3.8, 4) is 0 Å². The van der Waals surface area contributed by atoms with E-state index in [2.05, 4.69) is 26.0 Å². The Hall–Kier alpha value is -2.58. The second-order valence-electron chi connectivity index (χ2n) is 8.16. The fraction of sp³-hybridized carbons (Fsp3) is 0.435. The normalized spacial score (nSPS) is 23.2. The standard InChI is InChI=1S/C23H27N5O2S/c1-14(29)26-21-11-18-19(27-21)7-3-6-17-22(18)28(16-5-4-10-30-13-16)31-23(17)15-8-9-20(24-2)25-12-15/h8-9,11-12,16H,3-7,10,13H2,1-2H3,(H,24,25)(H,26,29). The van der Waals surface area contributed by atoms with Gasteiger partial charge in [0.25, 0.3) is 0 Å². The number of hydrogen-bond donors (Lipinski definition) is 2. The average molecular weight is 438 g/mol. The number of rotatable bonds is 4. The average Bonchev–Trinajstić information content (AvgIpc) is 3.30. The summed E-state index contributed by atoms with van der Waals surface area (Å²) in [4.78, 5) is 22.2. The van der Waals surface area contributed by atoms with E-state index in [1.54, 1.807) is 11.9 Å². The molecule has 1 unspecified atom stereocenters. The lowest BCUT2D eigenvalue weighted by atomic mass is 10.00. The summed E-state index contributed by atoms with van der Waals surface area (Å²) in [6.07, 6.45) is 9.12. The third-order valence-corrected chi connectivity index (χ3v) is 7.31. The summed E-state index contributed by atoms with van der Waals surface area (Å²) in [6.45, 7) is 3.09. The highest BCUT2D eigenvalue weighted by Gasteiger charge is 2.39. The minimum Gasteiger partial charge on any atom is -0.379 e. The summed E-state index contributed by atoms with van der Waals surface area (Å²) in [6, 6.07) is 4.48. The maximum absolute atomic E-state index is 11.6. The van der Waals surface area contributed by atoms with Gasteiger partial charge in [-0.3, -0.25) is 4.79 Å². The van der Waals surface area contributed by atoms with Gasteiger partial charge in [-0.25, -0.2) is 9.98 Å². The van der Waals surface area contributed by atoms with Gasteiger partial charge in [-0.05, 0) is 67.8 Å². The molecule has 162 valence electrons. The van der Waals surface area contributed by atoms with E-state index in [0.29, 0.717) is 11.9 Å². The predicted octanol–water partition coefficient (Wildman–Crippen LogP) is 3.85. The van der Waals surface area contributed by atoms with Crippen molar-refractivity contribution in [2.24, 2.45) is 4.99 Å². The van der Waals surface area contributed by atoms with Crippen LogP contribution in [0.4, 0.5) is 5.82 Å². The number of ether oxygens (including phenoxy) is 1. The van der Waals surface area contributed by atoms with E-state index in [9.17, 15) is 4.79 Å². The number of nitrogens with one attached hydrogen (secondary N) is 2. The number of allylic oxidation sites excluding steroid dienone is 3. The molecule has 31 heavy (non-hydrogen) atoms. The van der Waals surface area contributed by atoms with Crippen LogP contribution in [0, 0.1) is 0 Å². The maximum Gasteiger partial charge on any atom is 0.222 e. The summed E-state index contributed by atoms with van der Waals surface area (Å²) in [5.41, 5.74) is 5.95. The first-order valence-electron chi connectivity index (χ1n) is 10.9. The molecule has 1 saturated heterocycles. The molecule has 0 bridgehead atoms. The maximum atomic E-state index is 11.6. The van der Waals surface area contributed by atoms with Crippen LogP contribution < -0.4 is 10.6 Å². The van der Waals surface area contributed by atoms with E-state index < -0.39 is 0 Å². The van der Waals surface area contributed by atoms with Gasteiger partial charge < -0.3 is 19.7 Å². The Morgan fingerprint density at radius 1 is 1.29 bits per heavy atom. The van der Waals surface area contributed by atoms with Crippen LogP contribution in [-0.4, -0.2) is 47.2 Å². The quantitative estimate of drug-likeness (QED) is 0.697. The topological polar surface area (TPSA) is 78.9 Å². The lowest BCUT2D eigenvalue weighted by molar-refractivity contribution is -0.118. The largest absolute Gasteiger partial charge is 0.379 e. The first-order valence-corrected chi connectivity index (χ1v) is 11.7. The van der Waals surface area contributed by atoms with E-state index in [1.807, 2.05) is 25.4 Å². The molecule has 4 heterocycles. The van der Waals surface area contributed by atoms with E-state index in [1.165, 1.54) is 23.1 Å². The number of fused-ring (bicyclic) bond motifs is 2. The lowest BCUT2D eigenvalue weighted by Crippen LogP contribution is -2.35. The van der Waals surface area contributed by atoms with Gasteiger partial charge in [-0.1, -0.05) is 0 Å². The number of nitrogens with zero attached hydrogens (tertiary/aromatic N) is 3. The molecule has 1 atom stereocenters. The van der Waals surface area contributed by atoms with Crippen molar-refractivity contribution in [3.05, 3.63) is 52.6 Å². The molecule has 0 saturated carbocycles. The zero-order valence-electron chi connectivity index (χ0n) is 17.9. The van der Waals surface area contributed by atoms with Crippen molar-refractivity contribution in [1.82, 2.24) is 14.6 Å². The molecule has 1 amide bonds. The number of pyridine rings is 1. The molecule has 1 fully saturated rings. The number of carbonyl (C=O) groups is 1. The minimum atomic E-state index is -0.0943. The number of anilines is 1. The Morgan fingerprint density at radius 2 is 2.19 bits per heavy atom. The van der Waals surface area contributed by atoms with Gasteiger partial charge in [0.1, 0.15) is 11.6 Å². The third kappa shape index (κ3) is 3.90. The highest BCUT2D eigenvalue weighted by Crippen LogP contribution is 2.52. The molecule has 7 nitrogen and oxygen atoms in total. The molecule has 8 heteroatoms. The van der Waals surface area contributed by atoms with Crippen molar-refractivity contribution in [2.75, 3.05) is 25.6 Å². The number of hydrogen-bond acceptors (Lipinski definition) is 7. The van der Waals surface area contributed by atoms with Gasteiger partial charge in [-0.2, -0.15) is 0 Å². The zero-order valence-corrected chi connectivity index (χ0v) is 18.7. The summed E-state index contributed by atoms with van der Waals surface area (Å²) in [5.74, 6) is 1.41. The fourth-order valence-corrected chi connectivity index (χ4v) is 5.90. The van der Waals surface area contributed by atoms with Gasteiger partial charge in [0.05, 0.1) is 24.1 Å². The Balaban J connectivity index is 1.62. The lowest BCUT2D eigenvalue weighted by Gasteiger charge is -2.33. The van der Waals surface area contributed by atoms with Crippen molar-refractivity contribution >= 4 is 34.3 Å². The highest BCUT2D eigenvalue weighted by atomic mass is 32.2. The van der Waals surface area contributed by atoms with Crippen LogP contribution in [0.1, 0.15) is 44.6 Å². The van der Waals surface area contributed by atoms with Crippen LogP contribution in [0.15, 0.2) is 52.1 Å². The first-order chi connectivity index (χ1) is 15.1. The Morgan fingerprint density at radius 3 is 2.90 bits per heavy atom. The number of carbonyl (C=O) groups excluding carboxylic acids is 1. The molecular formula is C23H27N5O2S. The SMILES string of the molecule is CNc1ccc(C2=C3CCCC4=NC(NC(C)=O)=CC4=C3N(C3CCCOC3)S2)cn1. The molecule has 3 aliphatic heterocycles. The monoisotopic (exact) mass is 437 g/mol. The molecule has 4 aliphatic rings. The predicted molar refractivity (Wildman–Crippen MR) is 124 cm³/mol. The van der Waals surface area contributed by atoms with E-state index >= 15 is 0 Å². The second kappa shape index (κ2) is 8.51. The van der Waals surface area contributed by atoms with Crippen LogP contribution in [0.25, 0.3) is 4.91 Å². The van der Waals surface area contributed by atoms with Crippen LogP contribution in [0.5, 0.6) is 0 Å². The molecule has 5 rings (SSSR count). The summed E-state index contributed by atoms with van der Waals surface area (Å²) < 4.78 is 8.29. The molecular weight excluding hydrogens is 410 g/mol. The van der Waals surface area contributed by atoms with Crippen LogP contribution in [0.3, 0.4) is 0 Å². The molecule has 1 aromatic heterocycles. The fourth-order valence-electron chi connectivity index (χ4n) is 4.55. The van der Waals surface area contributed by atoms with E-state index in [0.717, 1.165) is 68.0 Å². The number of amides is 1. The molecule has 1 aliphatic carbocycles. The van der Waals surface area contributed by atoms with Gasteiger partial charge >= 0.3 is 0 Å². The molecule has 0 spiro atoms. The summed E-state index contributed by atoms with van der Waals surface area (Å²) >= 11 is 1.81. The number of aromatic nitrogens is 1. The first kappa shape index (κ1) is 20.3. The molecule has 0 aromatic carbocycles. The molecule has 0 radical (unpaired) electrons. The van der Waals surface area contributed by atoms with Crippen molar-refractivity contribution < 1.29 is 9.53 Å². The van der Waals surface area contributed by atoms with Crippen molar-refractivity contribution in [1.29, 1.82) is 0 Å². The molecule has 2 N–H and O–H groups in total. The zero-order chi connectivity index (χ0) is 21.4. The van der Waals surface area contributed by atoms with Gasteiger partial charge in [0.2, 0.25) is 5.91 Å². The van der Waals surface area contributed by atoms with Crippen LogP contribution in [0.2, 0.25) is 0 Å².